The van der Waals surface area contributed by atoms with Gasteiger partial charge in [-0.15, -0.1) is 0 Å². The summed E-state index contributed by atoms with van der Waals surface area (Å²) in [6, 6.07) is 22.3. The van der Waals surface area contributed by atoms with E-state index in [0.29, 0.717) is 0 Å². The molecule has 2 N–H and O–H groups in total. The molecule has 2 aromatic rings. The van der Waals surface area contributed by atoms with Crippen LogP contribution in [0.5, 0.6) is 0 Å². The minimum atomic E-state index is 0.289. The first-order valence-electron chi connectivity index (χ1n) is 9.43. The van der Waals surface area contributed by atoms with Crippen molar-refractivity contribution in [3.63, 3.8) is 0 Å². The topological polar surface area (TPSA) is 24.1 Å². The van der Waals surface area contributed by atoms with Crippen molar-refractivity contribution in [2.45, 2.75) is 51.6 Å². The van der Waals surface area contributed by atoms with Gasteiger partial charge in [0.05, 0.1) is 12.1 Å². The normalized spacial score (nSPS) is 13.6. The molecular formula is C22H32N2. The van der Waals surface area contributed by atoms with Crippen LogP contribution in [0.15, 0.2) is 60.7 Å². The highest BCUT2D eigenvalue weighted by molar-refractivity contribution is 5.27. The van der Waals surface area contributed by atoms with Crippen molar-refractivity contribution < 1.29 is 0 Å². The maximum absolute atomic E-state index is 3.80. The summed E-state index contributed by atoms with van der Waals surface area (Å²) in [6.07, 6.45) is 4.85. The number of hydrogen-bond donors (Lipinski definition) is 2. The molecule has 2 unspecified atom stereocenters. The molecule has 2 atom stereocenters. The summed E-state index contributed by atoms with van der Waals surface area (Å²) in [7, 11) is 0. The van der Waals surface area contributed by atoms with Gasteiger partial charge < -0.3 is 10.6 Å². The highest BCUT2D eigenvalue weighted by Crippen LogP contribution is 2.29. The van der Waals surface area contributed by atoms with Crippen LogP contribution >= 0.6 is 0 Å². The van der Waals surface area contributed by atoms with Crippen LogP contribution in [0.2, 0.25) is 0 Å². The lowest BCUT2D eigenvalue weighted by atomic mass is 9.93. The molecule has 0 bridgehead atoms. The van der Waals surface area contributed by atoms with Crippen molar-refractivity contribution in [1.29, 1.82) is 0 Å². The standard InChI is InChI=1S/C22H32N2/c1-3-5-17-23-21(19-13-9-7-10-14-19)22(24-18-6-4-2)20-15-11-8-12-16-20/h7-16,21-24H,3-6,17-18H2,1-2H3. The van der Waals surface area contributed by atoms with E-state index in [1.165, 1.54) is 36.8 Å². The molecule has 0 fully saturated rings. The lowest BCUT2D eigenvalue weighted by molar-refractivity contribution is 0.379. The van der Waals surface area contributed by atoms with E-state index in [9.17, 15) is 0 Å². The molecule has 0 aliphatic carbocycles. The fourth-order valence-electron chi connectivity index (χ4n) is 3.05. The van der Waals surface area contributed by atoms with Gasteiger partial charge in [-0.05, 0) is 37.1 Å². The van der Waals surface area contributed by atoms with Gasteiger partial charge in [-0.1, -0.05) is 87.4 Å². The summed E-state index contributed by atoms with van der Waals surface area (Å²) >= 11 is 0. The fourth-order valence-corrected chi connectivity index (χ4v) is 3.05. The average Bonchev–Trinajstić information content (AvgIpc) is 2.65. The summed E-state index contributed by atoms with van der Waals surface area (Å²) in [5.41, 5.74) is 2.71. The van der Waals surface area contributed by atoms with Gasteiger partial charge >= 0.3 is 0 Å². The first-order chi connectivity index (χ1) is 11.9. The summed E-state index contributed by atoms with van der Waals surface area (Å²) in [4.78, 5) is 0. The summed E-state index contributed by atoms with van der Waals surface area (Å²) < 4.78 is 0. The molecule has 0 saturated heterocycles. The van der Waals surface area contributed by atoms with E-state index in [-0.39, 0.29) is 12.1 Å². The molecule has 130 valence electrons. The fraction of sp³-hybridized carbons (Fsp3) is 0.455. The zero-order valence-corrected chi connectivity index (χ0v) is 15.2. The summed E-state index contributed by atoms with van der Waals surface area (Å²) in [6.45, 7) is 6.59. The summed E-state index contributed by atoms with van der Waals surface area (Å²) in [5.74, 6) is 0. The average molecular weight is 325 g/mol. The first kappa shape index (κ1) is 18.7. The Morgan fingerprint density at radius 1 is 0.625 bits per heavy atom. The first-order valence-corrected chi connectivity index (χ1v) is 9.43. The van der Waals surface area contributed by atoms with Gasteiger partial charge in [0.15, 0.2) is 0 Å². The number of nitrogens with one attached hydrogen (secondary N) is 2. The Kier molecular flexibility index (Phi) is 8.58. The van der Waals surface area contributed by atoms with Crippen LogP contribution in [0.1, 0.15) is 62.7 Å². The highest BCUT2D eigenvalue weighted by atomic mass is 15.0. The van der Waals surface area contributed by atoms with Crippen LogP contribution in [0.4, 0.5) is 0 Å². The molecule has 0 aliphatic rings. The van der Waals surface area contributed by atoms with Crippen LogP contribution < -0.4 is 10.6 Å². The molecule has 0 aromatic heterocycles. The lowest BCUT2D eigenvalue weighted by Gasteiger charge is -2.30. The van der Waals surface area contributed by atoms with E-state index in [4.69, 9.17) is 0 Å². The minimum absolute atomic E-state index is 0.289. The molecule has 2 rings (SSSR count). The Labute approximate surface area is 147 Å². The SMILES string of the molecule is CCCCNC(c1ccccc1)C(NCCCC)c1ccccc1. The van der Waals surface area contributed by atoms with E-state index in [0.717, 1.165) is 13.1 Å². The molecular weight excluding hydrogens is 292 g/mol. The van der Waals surface area contributed by atoms with Gasteiger partial charge in [-0.2, -0.15) is 0 Å². The Morgan fingerprint density at radius 3 is 1.33 bits per heavy atom. The lowest BCUT2D eigenvalue weighted by Crippen LogP contribution is -2.36. The highest BCUT2D eigenvalue weighted by Gasteiger charge is 2.23. The van der Waals surface area contributed by atoms with Crippen LogP contribution in [0.25, 0.3) is 0 Å². The van der Waals surface area contributed by atoms with Crippen molar-refractivity contribution >= 4 is 0 Å². The van der Waals surface area contributed by atoms with Gasteiger partial charge in [0.25, 0.3) is 0 Å². The Morgan fingerprint density at radius 2 is 1.00 bits per heavy atom. The maximum Gasteiger partial charge on any atom is 0.0518 e. The molecule has 24 heavy (non-hydrogen) atoms. The predicted molar refractivity (Wildman–Crippen MR) is 104 cm³/mol. The van der Waals surface area contributed by atoms with Crippen LogP contribution in [0, 0.1) is 0 Å². The van der Waals surface area contributed by atoms with Gasteiger partial charge in [0.2, 0.25) is 0 Å². The minimum Gasteiger partial charge on any atom is -0.308 e. The van der Waals surface area contributed by atoms with Gasteiger partial charge in [-0.3, -0.25) is 0 Å². The van der Waals surface area contributed by atoms with Crippen LogP contribution in [0.3, 0.4) is 0 Å². The van der Waals surface area contributed by atoms with Crippen LogP contribution in [-0.2, 0) is 0 Å². The molecule has 0 radical (unpaired) electrons. The maximum atomic E-state index is 3.80. The van der Waals surface area contributed by atoms with Crippen molar-refractivity contribution in [2.24, 2.45) is 0 Å². The van der Waals surface area contributed by atoms with Gasteiger partial charge in [0.1, 0.15) is 0 Å². The third-order valence-electron chi connectivity index (χ3n) is 4.44. The molecule has 2 aromatic carbocycles. The third kappa shape index (κ3) is 5.77. The quantitative estimate of drug-likeness (QED) is 0.552. The molecule has 0 spiro atoms. The summed E-state index contributed by atoms with van der Waals surface area (Å²) in [5, 5.41) is 7.60. The molecule has 0 aliphatic heterocycles. The second kappa shape index (κ2) is 11.0. The monoisotopic (exact) mass is 324 g/mol. The Balaban J connectivity index is 2.24. The predicted octanol–water partition coefficient (Wildman–Crippen LogP) is 5.25. The number of hydrogen-bond acceptors (Lipinski definition) is 2. The third-order valence-corrected chi connectivity index (χ3v) is 4.44. The largest absolute Gasteiger partial charge is 0.308 e. The van der Waals surface area contributed by atoms with E-state index in [1.807, 2.05) is 0 Å². The molecule has 0 amide bonds. The second-order valence-electron chi connectivity index (χ2n) is 6.39. The molecule has 0 heterocycles. The van der Waals surface area contributed by atoms with Crippen molar-refractivity contribution in [3.8, 4) is 0 Å². The second-order valence-corrected chi connectivity index (χ2v) is 6.39. The van der Waals surface area contributed by atoms with E-state index < -0.39 is 0 Å². The van der Waals surface area contributed by atoms with E-state index in [1.54, 1.807) is 0 Å². The van der Waals surface area contributed by atoms with Crippen molar-refractivity contribution in [3.05, 3.63) is 71.8 Å². The van der Waals surface area contributed by atoms with Crippen LogP contribution in [-0.4, -0.2) is 13.1 Å². The molecule has 2 heteroatoms. The Bertz CT molecular complexity index is 487. The van der Waals surface area contributed by atoms with Crippen molar-refractivity contribution in [1.82, 2.24) is 10.6 Å². The zero-order chi connectivity index (χ0) is 17.0. The number of rotatable bonds is 11. The van der Waals surface area contributed by atoms with Crippen molar-refractivity contribution in [2.75, 3.05) is 13.1 Å². The zero-order valence-electron chi connectivity index (χ0n) is 15.2. The van der Waals surface area contributed by atoms with E-state index in [2.05, 4.69) is 85.1 Å². The smallest absolute Gasteiger partial charge is 0.0518 e. The molecule has 0 saturated carbocycles. The molecule has 2 nitrogen and oxygen atoms in total. The number of benzene rings is 2. The van der Waals surface area contributed by atoms with Gasteiger partial charge in [0, 0.05) is 0 Å². The number of unbranched alkanes of at least 4 members (excludes halogenated alkanes) is 2. The Hall–Kier alpha value is -1.64. The van der Waals surface area contributed by atoms with E-state index >= 15 is 0 Å². The van der Waals surface area contributed by atoms with Gasteiger partial charge in [-0.25, -0.2) is 0 Å².